The molecule has 0 radical (unpaired) electrons. The minimum atomic E-state index is 0.626. The number of nitrogens with zero attached hydrogens (tertiary/aromatic N) is 1. The normalized spacial score (nSPS) is 20.6. The SMILES string of the molecule is Cc1sc(C2CCCNC2)nc1-c1cccs1. The molecule has 4 heteroatoms. The number of hydrogen-bond acceptors (Lipinski definition) is 4. The maximum Gasteiger partial charge on any atom is 0.0979 e. The summed E-state index contributed by atoms with van der Waals surface area (Å²) < 4.78 is 0. The number of piperidine rings is 1. The van der Waals surface area contributed by atoms with E-state index in [0.29, 0.717) is 5.92 Å². The quantitative estimate of drug-likeness (QED) is 0.895. The van der Waals surface area contributed by atoms with E-state index < -0.39 is 0 Å². The zero-order chi connectivity index (χ0) is 11.7. The van der Waals surface area contributed by atoms with E-state index in [9.17, 15) is 0 Å². The molecule has 1 saturated heterocycles. The van der Waals surface area contributed by atoms with Gasteiger partial charge in [0.25, 0.3) is 0 Å². The van der Waals surface area contributed by atoms with Crippen LogP contribution in [0.5, 0.6) is 0 Å². The first-order valence-electron chi connectivity index (χ1n) is 6.06. The molecule has 2 aromatic rings. The molecule has 1 atom stereocenters. The molecule has 0 saturated carbocycles. The van der Waals surface area contributed by atoms with Crippen molar-refractivity contribution in [2.75, 3.05) is 13.1 Å². The highest BCUT2D eigenvalue weighted by atomic mass is 32.1. The van der Waals surface area contributed by atoms with E-state index in [1.165, 1.54) is 39.8 Å². The standard InChI is InChI=1S/C13H16N2S2/c1-9-12(11-5-3-7-16-11)15-13(17-9)10-4-2-6-14-8-10/h3,5,7,10,14H,2,4,6,8H2,1H3. The molecule has 1 unspecified atom stereocenters. The van der Waals surface area contributed by atoms with Gasteiger partial charge in [-0.2, -0.15) is 0 Å². The Morgan fingerprint density at radius 2 is 2.41 bits per heavy atom. The molecule has 0 aromatic carbocycles. The Labute approximate surface area is 110 Å². The summed E-state index contributed by atoms with van der Waals surface area (Å²) in [6.45, 7) is 4.45. The summed E-state index contributed by atoms with van der Waals surface area (Å²) in [6.07, 6.45) is 2.56. The van der Waals surface area contributed by atoms with Gasteiger partial charge in [-0.25, -0.2) is 4.98 Å². The molecule has 90 valence electrons. The second-order valence-corrected chi connectivity index (χ2v) is 6.66. The fourth-order valence-corrected chi connectivity index (χ4v) is 4.20. The Balaban J connectivity index is 1.90. The van der Waals surface area contributed by atoms with Crippen molar-refractivity contribution < 1.29 is 0 Å². The van der Waals surface area contributed by atoms with Crippen molar-refractivity contribution in [1.29, 1.82) is 0 Å². The summed E-state index contributed by atoms with van der Waals surface area (Å²) >= 11 is 3.65. The number of thiophene rings is 1. The van der Waals surface area contributed by atoms with Crippen LogP contribution in [0.2, 0.25) is 0 Å². The molecular formula is C13H16N2S2. The van der Waals surface area contributed by atoms with E-state index in [0.717, 1.165) is 6.54 Å². The van der Waals surface area contributed by atoms with Crippen LogP contribution in [0.15, 0.2) is 17.5 Å². The smallest absolute Gasteiger partial charge is 0.0979 e. The number of rotatable bonds is 2. The van der Waals surface area contributed by atoms with Crippen molar-refractivity contribution in [2.45, 2.75) is 25.7 Å². The highest BCUT2D eigenvalue weighted by molar-refractivity contribution is 7.15. The third-order valence-corrected chi connectivity index (χ3v) is 5.22. The summed E-state index contributed by atoms with van der Waals surface area (Å²) in [7, 11) is 0. The molecule has 0 spiro atoms. The van der Waals surface area contributed by atoms with Gasteiger partial charge in [0.2, 0.25) is 0 Å². The van der Waals surface area contributed by atoms with Gasteiger partial charge in [0.1, 0.15) is 0 Å². The number of nitrogens with one attached hydrogen (secondary N) is 1. The predicted molar refractivity (Wildman–Crippen MR) is 75.0 cm³/mol. The molecule has 17 heavy (non-hydrogen) atoms. The van der Waals surface area contributed by atoms with Crippen molar-refractivity contribution in [3.63, 3.8) is 0 Å². The van der Waals surface area contributed by atoms with Gasteiger partial charge in [0.15, 0.2) is 0 Å². The Hall–Kier alpha value is -0.710. The van der Waals surface area contributed by atoms with E-state index in [4.69, 9.17) is 4.98 Å². The van der Waals surface area contributed by atoms with Gasteiger partial charge in [-0.3, -0.25) is 0 Å². The van der Waals surface area contributed by atoms with Crippen molar-refractivity contribution >= 4 is 22.7 Å². The summed E-state index contributed by atoms with van der Waals surface area (Å²) in [5.74, 6) is 0.626. The van der Waals surface area contributed by atoms with Crippen LogP contribution in [-0.2, 0) is 0 Å². The van der Waals surface area contributed by atoms with E-state index in [2.05, 4.69) is 29.8 Å². The van der Waals surface area contributed by atoms with Crippen LogP contribution in [0.4, 0.5) is 0 Å². The van der Waals surface area contributed by atoms with Crippen LogP contribution in [0.3, 0.4) is 0 Å². The van der Waals surface area contributed by atoms with E-state index >= 15 is 0 Å². The number of aromatic nitrogens is 1. The summed E-state index contributed by atoms with van der Waals surface area (Å²) in [4.78, 5) is 7.52. The van der Waals surface area contributed by atoms with E-state index in [-0.39, 0.29) is 0 Å². The first-order chi connectivity index (χ1) is 8.34. The first-order valence-corrected chi connectivity index (χ1v) is 7.76. The third kappa shape index (κ3) is 2.30. The first kappa shape index (κ1) is 11.4. The lowest BCUT2D eigenvalue weighted by molar-refractivity contribution is 0.460. The largest absolute Gasteiger partial charge is 0.316 e. The van der Waals surface area contributed by atoms with E-state index in [1.54, 1.807) is 11.3 Å². The second kappa shape index (κ2) is 4.88. The Kier molecular flexibility index (Phi) is 3.27. The van der Waals surface area contributed by atoms with Gasteiger partial charge in [-0.05, 0) is 37.8 Å². The topological polar surface area (TPSA) is 24.9 Å². The van der Waals surface area contributed by atoms with Gasteiger partial charge in [-0.1, -0.05) is 6.07 Å². The fraction of sp³-hybridized carbons (Fsp3) is 0.462. The average Bonchev–Trinajstić information content (AvgIpc) is 2.99. The van der Waals surface area contributed by atoms with Crippen LogP contribution < -0.4 is 5.32 Å². The molecule has 1 aliphatic heterocycles. The van der Waals surface area contributed by atoms with Crippen LogP contribution >= 0.6 is 22.7 Å². The number of hydrogen-bond donors (Lipinski definition) is 1. The predicted octanol–water partition coefficient (Wildman–Crippen LogP) is 3.65. The lowest BCUT2D eigenvalue weighted by Gasteiger charge is -2.20. The van der Waals surface area contributed by atoms with Gasteiger partial charge >= 0.3 is 0 Å². The molecular weight excluding hydrogens is 248 g/mol. The molecule has 0 amide bonds. The maximum absolute atomic E-state index is 4.86. The third-order valence-electron chi connectivity index (χ3n) is 3.21. The zero-order valence-corrected chi connectivity index (χ0v) is 11.5. The van der Waals surface area contributed by atoms with Crippen molar-refractivity contribution in [1.82, 2.24) is 10.3 Å². The molecule has 1 N–H and O–H groups in total. The van der Waals surface area contributed by atoms with Crippen LogP contribution in [0.1, 0.15) is 28.6 Å². The Morgan fingerprint density at radius 1 is 1.47 bits per heavy atom. The minimum Gasteiger partial charge on any atom is -0.316 e. The molecule has 0 aliphatic carbocycles. The summed E-state index contributed by atoms with van der Waals surface area (Å²) in [5.41, 5.74) is 1.20. The van der Waals surface area contributed by atoms with Crippen molar-refractivity contribution in [3.8, 4) is 10.6 Å². The Morgan fingerprint density at radius 3 is 3.12 bits per heavy atom. The molecule has 2 nitrogen and oxygen atoms in total. The van der Waals surface area contributed by atoms with Crippen LogP contribution in [0, 0.1) is 6.92 Å². The molecule has 2 aromatic heterocycles. The lowest BCUT2D eigenvalue weighted by atomic mass is 10.0. The molecule has 3 heterocycles. The monoisotopic (exact) mass is 264 g/mol. The highest BCUT2D eigenvalue weighted by Gasteiger charge is 2.20. The Bertz CT molecular complexity index is 481. The molecule has 1 aliphatic rings. The van der Waals surface area contributed by atoms with Gasteiger partial charge < -0.3 is 5.32 Å². The van der Waals surface area contributed by atoms with Crippen LogP contribution in [-0.4, -0.2) is 18.1 Å². The zero-order valence-electron chi connectivity index (χ0n) is 9.90. The maximum atomic E-state index is 4.86. The average molecular weight is 264 g/mol. The molecule has 3 rings (SSSR count). The summed E-state index contributed by atoms with van der Waals surface area (Å²) in [6, 6.07) is 4.26. The van der Waals surface area contributed by atoms with Crippen LogP contribution in [0.25, 0.3) is 10.6 Å². The lowest BCUT2D eigenvalue weighted by Crippen LogP contribution is -2.28. The van der Waals surface area contributed by atoms with Gasteiger partial charge in [0.05, 0.1) is 15.6 Å². The summed E-state index contributed by atoms with van der Waals surface area (Å²) in [5, 5.41) is 6.90. The molecule has 1 fully saturated rings. The number of aryl methyl sites for hydroxylation is 1. The van der Waals surface area contributed by atoms with Crippen molar-refractivity contribution in [3.05, 3.63) is 27.4 Å². The van der Waals surface area contributed by atoms with Gasteiger partial charge in [-0.15, -0.1) is 22.7 Å². The van der Waals surface area contributed by atoms with Gasteiger partial charge in [0, 0.05) is 17.3 Å². The van der Waals surface area contributed by atoms with Crippen molar-refractivity contribution in [2.24, 2.45) is 0 Å². The fourth-order valence-electron chi connectivity index (χ4n) is 2.30. The molecule has 0 bridgehead atoms. The number of thiazole rings is 1. The second-order valence-electron chi connectivity index (χ2n) is 4.48. The minimum absolute atomic E-state index is 0.626. The highest BCUT2D eigenvalue weighted by Crippen LogP contribution is 2.35. The van der Waals surface area contributed by atoms with E-state index in [1.807, 2.05) is 11.3 Å².